The summed E-state index contributed by atoms with van der Waals surface area (Å²) < 4.78 is 19.7. The molecule has 0 aromatic heterocycles. The summed E-state index contributed by atoms with van der Waals surface area (Å²) in [7, 11) is 0. The second kappa shape index (κ2) is 5.58. The Hall–Kier alpha value is -1.13. The molecule has 0 saturated carbocycles. The van der Waals surface area contributed by atoms with Crippen molar-refractivity contribution in [3.8, 4) is 5.75 Å². The predicted molar refractivity (Wildman–Crippen MR) is 81.9 cm³/mol. The topological polar surface area (TPSA) is 38.5 Å². The molecule has 1 aromatic carbocycles. The fourth-order valence-corrected chi connectivity index (χ4v) is 3.70. The van der Waals surface area contributed by atoms with Crippen LogP contribution in [0.2, 0.25) is 0 Å². The van der Waals surface area contributed by atoms with Gasteiger partial charge in [0.25, 0.3) is 0 Å². The van der Waals surface area contributed by atoms with Crippen LogP contribution in [0.4, 0.5) is 4.39 Å². The zero-order valence-electron chi connectivity index (χ0n) is 12.9. The molecular formula is C17H25FN2O. The lowest BCUT2D eigenvalue weighted by atomic mass is 9.82. The lowest BCUT2D eigenvalue weighted by Crippen LogP contribution is -2.44. The Labute approximate surface area is 126 Å². The SMILES string of the molecule is CC(C)N1CCCC2(CC1)C[C@@H](N)c1cc(F)ccc1O2. The lowest BCUT2D eigenvalue weighted by Gasteiger charge is -2.41. The molecule has 1 aromatic rings. The van der Waals surface area contributed by atoms with Gasteiger partial charge in [-0.1, -0.05) is 0 Å². The average Bonchev–Trinajstić information content (AvgIpc) is 2.63. The first-order chi connectivity index (χ1) is 9.99. The van der Waals surface area contributed by atoms with E-state index in [0.717, 1.165) is 50.1 Å². The second-order valence-electron chi connectivity index (χ2n) is 6.76. The number of fused-ring (bicyclic) bond motifs is 1. The van der Waals surface area contributed by atoms with Gasteiger partial charge in [0.15, 0.2) is 0 Å². The molecule has 0 amide bonds. The van der Waals surface area contributed by atoms with E-state index in [-0.39, 0.29) is 17.5 Å². The van der Waals surface area contributed by atoms with Gasteiger partial charge in [0, 0.05) is 30.6 Å². The predicted octanol–water partition coefficient (Wildman–Crippen LogP) is 3.24. The fourth-order valence-electron chi connectivity index (χ4n) is 3.70. The number of hydrogen-bond acceptors (Lipinski definition) is 3. The first-order valence-corrected chi connectivity index (χ1v) is 7.97. The first-order valence-electron chi connectivity index (χ1n) is 7.97. The van der Waals surface area contributed by atoms with Gasteiger partial charge in [-0.3, -0.25) is 0 Å². The summed E-state index contributed by atoms with van der Waals surface area (Å²) in [5, 5.41) is 0. The van der Waals surface area contributed by atoms with Crippen molar-refractivity contribution in [2.45, 2.75) is 57.2 Å². The Morgan fingerprint density at radius 3 is 2.90 bits per heavy atom. The number of rotatable bonds is 1. The Bertz CT molecular complexity index is 520. The third kappa shape index (κ3) is 2.92. The Balaban J connectivity index is 1.82. The van der Waals surface area contributed by atoms with Gasteiger partial charge in [-0.15, -0.1) is 0 Å². The molecular weight excluding hydrogens is 267 g/mol. The molecule has 2 aliphatic heterocycles. The number of likely N-dealkylation sites (tertiary alicyclic amines) is 1. The molecule has 4 heteroatoms. The molecule has 0 bridgehead atoms. The lowest BCUT2D eigenvalue weighted by molar-refractivity contribution is 0.0208. The molecule has 1 spiro atoms. The van der Waals surface area contributed by atoms with Crippen molar-refractivity contribution < 1.29 is 9.13 Å². The summed E-state index contributed by atoms with van der Waals surface area (Å²) in [6, 6.07) is 5.15. The minimum atomic E-state index is -0.240. The van der Waals surface area contributed by atoms with E-state index in [0.29, 0.717) is 6.04 Å². The van der Waals surface area contributed by atoms with Crippen molar-refractivity contribution in [2.75, 3.05) is 13.1 Å². The molecule has 3 nitrogen and oxygen atoms in total. The molecule has 21 heavy (non-hydrogen) atoms. The van der Waals surface area contributed by atoms with Crippen molar-refractivity contribution >= 4 is 0 Å². The monoisotopic (exact) mass is 292 g/mol. The maximum Gasteiger partial charge on any atom is 0.125 e. The molecule has 2 N–H and O–H groups in total. The van der Waals surface area contributed by atoms with Crippen LogP contribution in [-0.4, -0.2) is 29.6 Å². The Morgan fingerprint density at radius 1 is 1.33 bits per heavy atom. The number of benzene rings is 1. The van der Waals surface area contributed by atoms with Gasteiger partial charge in [-0.05, 0) is 57.9 Å². The summed E-state index contributed by atoms with van der Waals surface area (Å²) >= 11 is 0. The van der Waals surface area contributed by atoms with Gasteiger partial charge >= 0.3 is 0 Å². The Morgan fingerprint density at radius 2 is 2.14 bits per heavy atom. The fraction of sp³-hybridized carbons (Fsp3) is 0.647. The van der Waals surface area contributed by atoms with Crippen LogP contribution in [0.1, 0.15) is 51.1 Å². The van der Waals surface area contributed by atoms with Crippen LogP contribution < -0.4 is 10.5 Å². The average molecular weight is 292 g/mol. The highest BCUT2D eigenvalue weighted by Gasteiger charge is 2.41. The third-order valence-corrected chi connectivity index (χ3v) is 4.95. The number of nitrogens with zero attached hydrogens (tertiary/aromatic N) is 1. The van der Waals surface area contributed by atoms with Gasteiger partial charge in [0.05, 0.1) is 0 Å². The van der Waals surface area contributed by atoms with Crippen molar-refractivity contribution in [3.63, 3.8) is 0 Å². The normalized spacial score (nSPS) is 30.0. The highest BCUT2D eigenvalue weighted by Crippen LogP contribution is 2.43. The van der Waals surface area contributed by atoms with Crippen LogP contribution in [-0.2, 0) is 0 Å². The molecule has 2 heterocycles. The molecule has 0 radical (unpaired) electrons. The van der Waals surface area contributed by atoms with Crippen molar-refractivity contribution in [3.05, 3.63) is 29.6 Å². The van der Waals surface area contributed by atoms with Gasteiger partial charge in [0.2, 0.25) is 0 Å². The summed E-state index contributed by atoms with van der Waals surface area (Å²) in [6.45, 7) is 6.64. The van der Waals surface area contributed by atoms with E-state index in [9.17, 15) is 4.39 Å². The van der Waals surface area contributed by atoms with Crippen molar-refractivity contribution in [1.82, 2.24) is 4.90 Å². The molecule has 2 atom stereocenters. The maximum atomic E-state index is 13.4. The number of hydrogen-bond donors (Lipinski definition) is 1. The first kappa shape index (κ1) is 14.8. The van der Waals surface area contributed by atoms with Crippen LogP contribution in [0.3, 0.4) is 0 Å². The molecule has 1 unspecified atom stereocenters. The number of nitrogens with two attached hydrogens (primary N) is 1. The highest BCUT2D eigenvalue weighted by molar-refractivity contribution is 5.39. The minimum Gasteiger partial charge on any atom is -0.487 e. The van der Waals surface area contributed by atoms with E-state index >= 15 is 0 Å². The smallest absolute Gasteiger partial charge is 0.125 e. The standard InChI is InChI=1S/C17H25FN2O/c1-12(2)20-8-3-6-17(7-9-20)11-15(19)14-10-13(18)4-5-16(14)21-17/h4-5,10,12,15H,3,6-9,11,19H2,1-2H3/t15-,17?/m1/s1. The van der Waals surface area contributed by atoms with Crippen LogP contribution in [0.15, 0.2) is 18.2 Å². The zero-order valence-corrected chi connectivity index (χ0v) is 12.9. The van der Waals surface area contributed by atoms with Crippen LogP contribution in [0.25, 0.3) is 0 Å². The highest BCUT2D eigenvalue weighted by atomic mass is 19.1. The molecule has 1 fully saturated rings. The molecule has 3 rings (SSSR count). The summed E-state index contributed by atoms with van der Waals surface area (Å²) in [6.07, 6.45) is 3.94. The zero-order chi connectivity index (χ0) is 15.0. The van der Waals surface area contributed by atoms with E-state index in [2.05, 4.69) is 18.7 Å². The minimum absolute atomic E-state index is 0.130. The van der Waals surface area contributed by atoms with Crippen LogP contribution in [0.5, 0.6) is 5.75 Å². The largest absolute Gasteiger partial charge is 0.487 e. The maximum absolute atomic E-state index is 13.4. The van der Waals surface area contributed by atoms with Gasteiger partial charge in [0.1, 0.15) is 17.2 Å². The van der Waals surface area contributed by atoms with Crippen LogP contribution in [0, 0.1) is 5.82 Å². The van der Waals surface area contributed by atoms with Gasteiger partial charge in [-0.25, -0.2) is 4.39 Å². The second-order valence-corrected chi connectivity index (χ2v) is 6.76. The Kier molecular flexibility index (Phi) is 3.93. The van der Waals surface area contributed by atoms with E-state index in [4.69, 9.17) is 10.5 Å². The van der Waals surface area contributed by atoms with E-state index in [1.165, 1.54) is 12.1 Å². The molecule has 0 aliphatic carbocycles. The quantitative estimate of drug-likeness (QED) is 0.863. The summed E-state index contributed by atoms with van der Waals surface area (Å²) in [5.74, 6) is 0.531. The summed E-state index contributed by atoms with van der Waals surface area (Å²) in [5.41, 5.74) is 6.94. The van der Waals surface area contributed by atoms with E-state index < -0.39 is 0 Å². The van der Waals surface area contributed by atoms with Gasteiger partial charge in [-0.2, -0.15) is 0 Å². The number of ether oxygens (including phenoxy) is 1. The third-order valence-electron chi connectivity index (χ3n) is 4.95. The summed E-state index contributed by atoms with van der Waals surface area (Å²) in [4.78, 5) is 2.50. The number of halogens is 1. The molecule has 2 aliphatic rings. The van der Waals surface area contributed by atoms with Crippen molar-refractivity contribution in [1.29, 1.82) is 0 Å². The van der Waals surface area contributed by atoms with E-state index in [1.807, 2.05) is 0 Å². The molecule has 1 saturated heterocycles. The van der Waals surface area contributed by atoms with Crippen LogP contribution >= 0.6 is 0 Å². The van der Waals surface area contributed by atoms with Gasteiger partial charge < -0.3 is 15.4 Å². The molecule has 116 valence electrons. The van der Waals surface area contributed by atoms with Crippen molar-refractivity contribution in [2.24, 2.45) is 5.73 Å². The van der Waals surface area contributed by atoms with E-state index in [1.54, 1.807) is 6.07 Å².